The molecule has 0 saturated carbocycles. The molecule has 0 radical (unpaired) electrons. The smallest absolute Gasteiger partial charge is 0.481 e. The molecule has 0 fully saturated rings. The minimum atomic E-state index is -5.37. The normalized spacial score (nSPS) is 12.3. The molecule has 20 heavy (non-hydrogen) atoms. The van der Waals surface area contributed by atoms with Crippen molar-refractivity contribution in [2.24, 2.45) is 0 Å². The van der Waals surface area contributed by atoms with Gasteiger partial charge < -0.3 is 9.84 Å². The Balaban J connectivity index is 3.49. The molecule has 0 aliphatic carbocycles. The standard InChI is InChI=1S/C9H4F6INO3/c10-8(11,12)6-3(1-5(18)19)4(16)2-17-7(6)20-9(13,14)15/h2H,1H2,(H,18,19). The number of pyridine rings is 1. The van der Waals surface area contributed by atoms with Gasteiger partial charge in [-0.15, -0.1) is 13.2 Å². The molecule has 0 saturated heterocycles. The summed E-state index contributed by atoms with van der Waals surface area (Å²) in [6, 6.07) is 0. The maximum Gasteiger partial charge on any atom is 0.574 e. The Labute approximate surface area is 120 Å². The lowest BCUT2D eigenvalue weighted by Gasteiger charge is -2.18. The predicted octanol–water partition coefficient (Wildman–Crippen LogP) is 3.23. The maximum atomic E-state index is 12.8. The largest absolute Gasteiger partial charge is 0.574 e. The van der Waals surface area contributed by atoms with Gasteiger partial charge in [0.05, 0.1) is 6.42 Å². The number of ether oxygens (including phenoxy) is 1. The summed E-state index contributed by atoms with van der Waals surface area (Å²) in [7, 11) is 0. The first-order valence-electron chi connectivity index (χ1n) is 4.64. The zero-order chi connectivity index (χ0) is 15.7. The number of aliphatic carboxylic acids is 1. The van der Waals surface area contributed by atoms with Gasteiger partial charge in [0.15, 0.2) is 0 Å². The van der Waals surface area contributed by atoms with E-state index in [9.17, 15) is 31.1 Å². The van der Waals surface area contributed by atoms with E-state index in [1.807, 2.05) is 0 Å². The molecular weight excluding hydrogens is 411 g/mol. The minimum Gasteiger partial charge on any atom is -0.481 e. The Morgan fingerprint density at radius 2 is 1.85 bits per heavy atom. The number of hydrogen-bond acceptors (Lipinski definition) is 3. The van der Waals surface area contributed by atoms with Crippen molar-refractivity contribution in [2.75, 3.05) is 0 Å². The summed E-state index contributed by atoms with van der Waals surface area (Å²) in [6.07, 6.45) is -11.0. The number of hydrogen-bond donors (Lipinski definition) is 1. The van der Waals surface area contributed by atoms with Crippen LogP contribution in [0.5, 0.6) is 5.88 Å². The summed E-state index contributed by atoms with van der Waals surface area (Å²) >= 11 is 1.35. The highest BCUT2D eigenvalue weighted by Crippen LogP contribution is 2.41. The van der Waals surface area contributed by atoms with Gasteiger partial charge in [-0.1, -0.05) is 0 Å². The lowest BCUT2D eigenvalue weighted by atomic mass is 10.1. The SMILES string of the molecule is O=C(O)Cc1c(I)cnc(OC(F)(F)F)c1C(F)(F)F. The van der Waals surface area contributed by atoms with Gasteiger partial charge in [-0.05, 0) is 28.2 Å². The Kier molecular flexibility index (Phi) is 4.71. The van der Waals surface area contributed by atoms with E-state index in [4.69, 9.17) is 5.11 Å². The molecule has 1 aromatic rings. The summed E-state index contributed by atoms with van der Waals surface area (Å²) in [6.45, 7) is 0. The molecule has 11 heteroatoms. The van der Waals surface area contributed by atoms with E-state index < -0.39 is 41.9 Å². The van der Waals surface area contributed by atoms with E-state index in [-0.39, 0.29) is 3.57 Å². The molecule has 1 aromatic heterocycles. The van der Waals surface area contributed by atoms with Crippen LogP contribution in [0, 0.1) is 3.57 Å². The Hall–Kier alpha value is -1.27. The molecular formula is C9H4F6INO3. The highest BCUT2D eigenvalue weighted by Gasteiger charge is 2.43. The van der Waals surface area contributed by atoms with Gasteiger partial charge in [-0.25, -0.2) is 4.98 Å². The third-order valence-corrected chi connectivity index (χ3v) is 2.85. The fraction of sp³-hybridized carbons (Fsp3) is 0.333. The average Bonchev–Trinajstić information content (AvgIpc) is 2.18. The molecule has 0 atom stereocenters. The van der Waals surface area contributed by atoms with E-state index in [0.29, 0.717) is 6.20 Å². The number of carboxylic acid groups (broad SMARTS) is 1. The number of nitrogens with zero attached hydrogens (tertiary/aromatic N) is 1. The van der Waals surface area contributed by atoms with E-state index in [1.54, 1.807) is 0 Å². The quantitative estimate of drug-likeness (QED) is 0.609. The number of aromatic nitrogens is 1. The molecule has 0 aromatic carbocycles. The zero-order valence-electron chi connectivity index (χ0n) is 9.14. The van der Waals surface area contributed by atoms with E-state index in [1.165, 1.54) is 22.6 Å². The van der Waals surface area contributed by atoms with Crippen molar-refractivity contribution in [3.8, 4) is 5.88 Å². The van der Waals surface area contributed by atoms with Crippen LogP contribution in [-0.2, 0) is 17.4 Å². The highest BCUT2D eigenvalue weighted by molar-refractivity contribution is 14.1. The van der Waals surface area contributed by atoms with Crippen LogP contribution in [0.15, 0.2) is 6.20 Å². The summed E-state index contributed by atoms with van der Waals surface area (Å²) in [5.74, 6) is -3.35. The second-order valence-electron chi connectivity index (χ2n) is 3.38. The summed E-state index contributed by atoms with van der Waals surface area (Å²) in [5.41, 5.74) is -2.68. The van der Waals surface area contributed by atoms with Gasteiger partial charge in [-0.2, -0.15) is 13.2 Å². The maximum absolute atomic E-state index is 12.8. The van der Waals surface area contributed by atoms with Crippen molar-refractivity contribution >= 4 is 28.6 Å². The van der Waals surface area contributed by atoms with Gasteiger partial charge in [0, 0.05) is 9.77 Å². The lowest BCUT2D eigenvalue weighted by molar-refractivity contribution is -0.277. The molecule has 112 valence electrons. The second kappa shape index (κ2) is 5.61. The van der Waals surface area contributed by atoms with Gasteiger partial charge in [0.2, 0.25) is 5.88 Å². The fourth-order valence-electron chi connectivity index (χ4n) is 1.31. The molecule has 0 bridgehead atoms. The monoisotopic (exact) mass is 415 g/mol. The van der Waals surface area contributed by atoms with E-state index >= 15 is 0 Å². The van der Waals surface area contributed by atoms with E-state index in [2.05, 4.69) is 9.72 Å². The zero-order valence-corrected chi connectivity index (χ0v) is 11.3. The second-order valence-corrected chi connectivity index (χ2v) is 4.54. The van der Waals surface area contributed by atoms with Crippen LogP contribution in [0.2, 0.25) is 0 Å². The third kappa shape index (κ3) is 4.38. The first-order chi connectivity index (χ1) is 8.92. The van der Waals surface area contributed by atoms with Crippen LogP contribution in [0.3, 0.4) is 0 Å². The Bertz CT molecular complexity index is 528. The molecule has 0 amide bonds. The molecule has 1 heterocycles. The Morgan fingerprint density at radius 3 is 2.25 bits per heavy atom. The van der Waals surface area contributed by atoms with Crippen molar-refractivity contribution in [2.45, 2.75) is 19.0 Å². The predicted molar refractivity (Wildman–Crippen MR) is 60.0 cm³/mol. The van der Waals surface area contributed by atoms with Crippen LogP contribution in [0.4, 0.5) is 26.3 Å². The minimum absolute atomic E-state index is 0.230. The van der Waals surface area contributed by atoms with Crippen molar-refractivity contribution in [3.63, 3.8) is 0 Å². The first kappa shape index (κ1) is 16.8. The molecule has 0 unspecified atom stereocenters. The Morgan fingerprint density at radius 1 is 1.30 bits per heavy atom. The van der Waals surface area contributed by atoms with Crippen LogP contribution in [-0.4, -0.2) is 22.4 Å². The number of rotatable bonds is 3. The number of alkyl halides is 6. The van der Waals surface area contributed by atoms with Gasteiger partial charge in [0.25, 0.3) is 0 Å². The van der Waals surface area contributed by atoms with Crippen LogP contribution in [0.1, 0.15) is 11.1 Å². The molecule has 0 aliphatic heterocycles. The van der Waals surface area contributed by atoms with Crippen molar-refractivity contribution < 1.29 is 41.0 Å². The molecule has 1 rings (SSSR count). The van der Waals surface area contributed by atoms with Gasteiger partial charge in [-0.3, -0.25) is 4.79 Å². The molecule has 0 spiro atoms. The lowest BCUT2D eigenvalue weighted by Crippen LogP contribution is -2.23. The summed E-state index contributed by atoms with van der Waals surface area (Å²) in [5, 5.41) is 8.55. The molecule has 0 aliphatic rings. The number of halogens is 7. The molecule has 4 nitrogen and oxygen atoms in total. The van der Waals surface area contributed by atoms with Crippen LogP contribution >= 0.6 is 22.6 Å². The topological polar surface area (TPSA) is 59.4 Å². The third-order valence-electron chi connectivity index (χ3n) is 1.92. The average molecular weight is 415 g/mol. The van der Waals surface area contributed by atoms with Crippen molar-refractivity contribution in [3.05, 3.63) is 20.9 Å². The van der Waals surface area contributed by atoms with Gasteiger partial charge in [0.1, 0.15) is 5.56 Å². The van der Waals surface area contributed by atoms with E-state index in [0.717, 1.165) is 0 Å². The molecule has 1 N–H and O–H groups in total. The van der Waals surface area contributed by atoms with Crippen molar-refractivity contribution in [1.29, 1.82) is 0 Å². The highest BCUT2D eigenvalue weighted by atomic mass is 127. The number of carbonyl (C=O) groups is 1. The first-order valence-corrected chi connectivity index (χ1v) is 5.72. The van der Waals surface area contributed by atoms with Crippen LogP contribution < -0.4 is 4.74 Å². The number of carboxylic acids is 1. The summed E-state index contributed by atoms with van der Waals surface area (Å²) < 4.78 is 77.6. The van der Waals surface area contributed by atoms with Crippen molar-refractivity contribution in [1.82, 2.24) is 4.98 Å². The van der Waals surface area contributed by atoms with Crippen LogP contribution in [0.25, 0.3) is 0 Å². The summed E-state index contributed by atoms with van der Waals surface area (Å²) in [4.78, 5) is 13.5. The van der Waals surface area contributed by atoms with Gasteiger partial charge >= 0.3 is 18.5 Å². The fourth-order valence-corrected chi connectivity index (χ4v) is 1.91.